The third kappa shape index (κ3) is 4.22. The van der Waals surface area contributed by atoms with Crippen LogP contribution in [0.25, 0.3) is 0 Å². The number of hydrogen-bond acceptors (Lipinski definition) is 4. The number of benzene rings is 2. The molecular formula is C24H25BrClN3O. The molecule has 0 bridgehead atoms. The first-order valence-corrected chi connectivity index (χ1v) is 11.6. The summed E-state index contributed by atoms with van der Waals surface area (Å²) in [6.07, 6.45) is 6.19. The average molecular weight is 487 g/mol. The molecule has 0 amide bonds. The molecule has 2 aliphatic rings. The third-order valence-electron chi connectivity index (χ3n) is 6.14. The first-order chi connectivity index (χ1) is 14.6. The largest absolute Gasteiger partial charge is 0.496 e. The minimum Gasteiger partial charge on any atom is -0.496 e. The van der Waals surface area contributed by atoms with Crippen molar-refractivity contribution in [3.63, 3.8) is 0 Å². The molecule has 2 atom stereocenters. The van der Waals surface area contributed by atoms with Gasteiger partial charge >= 0.3 is 0 Å². The second kappa shape index (κ2) is 9.41. The molecule has 0 spiro atoms. The predicted octanol–water partition coefficient (Wildman–Crippen LogP) is 5.79. The predicted molar refractivity (Wildman–Crippen MR) is 124 cm³/mol. The van der Waals surface area contributed by atoms with Crippen molar-refractivity contribution in [3.05, 3.63) is 62.6 Å². The SMILES string of the molecule is COc1ccc(Br)cc1CCc1c(Cl)cccc1C1=NC2CCCCC2N1CC#N. The van der Waals surface area contributed by atoms with Crippen LogP contribution < -0.4 is 4.74 Å². The third-order valence-corrected chi connectivity index (χ3v) is 6.99. The summed E-state index contributed by atoms with van der Waals surface area (Å²) in [4.78, 5) is 7.29. The fourth-order valence-corrected chi connectivity index (χ4v) is 5.39. The van der Waals surface area contributed by atoms with Gasteiger partial charge in [0.15, 0.2) is 0 Å². The van der Waals surface area contributed by atoms with Gasteiger partial charge in [-0.2, -0.15) is 5.26 Å². The Balaban J connectivity index is 1.67. The number of hydrogen-bond donors (Lipinski definition) is 0. The molecule has 2 unspecified atom stereocenters. The maximum atomic E-state index is 9.45. The van der Waals surface area contributed by atoms with Crippen molar-refractivity contribution in [1.82, 2.24) is 4.90 Å². The molecule has 0 radical (unpaired) electrons. The van der Waals surface area contributed by atoms with Gasteiger partial charge in [0.05, 0.1) is 25.3 Å². The van der Waals surface area contributed by atoms with Gasteiger partial charge in [-0.3, -0.25) is 4.99 Å². The second-order valence-electron chi connectivity index (χ2n) is 7.88. The summed E-state index contributed by atoms with van der Waals surface area (Å²) in [5.74, 6) is 1.81. The Morgan fingerprint density at radius 3 is 2.87 bits per heavy atom. The Kier molecular flexibility index (Phi) is 6.65. The van der Waals surface area contributed by atoms with Crippen LogP contribution in [0.1, 0.15) is 42.4 Å². The van der Waals surface area contributed by atoms with E-state index in [1.54, 1.807) is 7.11 Å². The van der Waals surface area contributed by atoms with Gasteiger partial charge in [0.1, 0.15) is 18.1 Å². The Labute approximate surface area is 191 Å². The normalized spacial score (nSPS) is 20.5. The maximum absolute atomic E-state index is 9.45. The number of halogens is 2. The number of ether oxygens (including phenoxy) is 1. The van der Waals surface area contributed by atoms with Crippen LogP contribution in [0.3, 0.4) is 0 Å². The minimum absolute atomic E-state index is 0.291. The van der Waals surface area contributed by atoms with Crippen LogP contribution in [0, 0.1) is 11.3 Å². The Hall–Kier alpha value is -2.03. The van der Waals surface area contributed by atoms with Crippen LogP contribution in [-0.4, -0.2) is 36.5 Å². The Morgan fingerprint density at radius 2 is 2.07 bits per heavy atom. The lowest BCUT2D eigenvalue weighted by Gasteiger charge is -2.31. The zero-order chi connectivity index (χ0) is 21.1. The molecule has 1 aliphatic carbocycles. The first kappa shape index (κ1) is 21.2. The van der Waals surface area contributed by atoms with Crippen LogP contribution in [0.4, 0.5) is 0 Å². The lowest BCUT2D eigenvalue weighted by molar-refractivity contribution is 0.262. The van der Waals surface area contributed by atoms with E-state index < -0.39 is 0 Å². The summed E-state index contributed by atoms with van der Waals surface area (Å²) in [6.45, 7) is 0.366. The number of amidine groups is 1. The topological polar surface area (TPSA) is 48.6 Å². The molecule has 2 aromatic rings. The van der Waals surface area contributed by atoms with Gasteiger partial charge in [-0.05, 0) is 61.1 Å². The lowest BCUT2D eigenvalue weighted by atomic mass is 9.90. The highest BCUT2D eigenvalue weighted by Gasteiger charge is 2.38. The van der Waals surface area contributed by atoms with Crippen molar-refractivity contribution in [1.29, 1.82) is 5.26 Å². The number of aryl methyl sites for hydroxylation is 1. The molecule has 4 nitrogen and oxygen atoms in total. The highest BCUT2D eigenvalue weighted by molar-refractivity contribution is 9.10. The van der Waals surface area contributed by atoms with Crippen molar-refractivity contribution in [2.75, 3.05) is 13.7 Å². The molecule has 0 N–H and O–H groups in total. The highest BCUT2D eigenvalue weighted by Crippen LogP contribution is 2.35. The fourth-order valence-electron chi connectivity index (χ4n) is 4.71. The molecule has 2 aromatic carbocycles. The summed E-state index contributed by atoms with van der Waals surface area (Å²) in [5.41, 5.74) is 3.27. The van der Waals surface area contributed by atoms with Gasteiger partial charge < -0.3 is 9.64 Å². The number of nitrogens with zero attached hydrogens (tertiary/aromatic N) is 3. The van der Waals surface area contributed by atoms with Gasteiger partial charge in [-0.25, -0.2) is 0 Å². The molecule has 6 heteroatoms. The second-order valence-corrected chi connectivity index (χ2v) is 9.20. The van der Waals surface area contributed by atoms with E-state index >= 15 is 0 Å². The number of nitriles is 1. The number of rotatable bonds is 6. The number of methoxy groups -OCH3 is 1. The molecule has 1 aliphatic heterocycles. The van der Waals surface area contributed by atoms with Crippen LogP contribution >= 0.6 is 27.5 Å². The molecule has 1 fully saturated rings. The molecule has 0 saturated heterocycles. The van der Waals surface area contributed by atoms with Crippen LogP contribution in [0.15, 0.2) is 45.9 Å². The van der Waals surface area contributed by atoms with Crippen LogP contribution in [0.5, 0.6) is 5.75 Å². The van der Waals surface area contributed by atoms with Crippen molar-refractivity contribution < 1.29 is 4.74 Å². The van der Waals surface area contributed by atoms with Crippen molar-refractivity contribution in [2.45, 2.75) is 50.6 Å². The summed E-state index contributed by atoms with van der Waals surface area (Å²) >= 11 is 10.2. The molecule has 1 heterocycles. The van der Waals surface area contributed by atoms with Crippen molar-refractivity contribution in [3.8, 4) is 11.8 Å². The van der Waals surface area contributed by atoms with E-state index in [9.17, 15) is 5.26 Å². The smallest absolute Gasteiger partial charge is 0.132 e. The van der Waals surface area contributed by atoms with E-state index in [4.69, 9.17) is 21.3 Å². The van der Waals surface area contributed by atoms with Gasteiger partial charge in [-0.15, -0.1) is 0 Å². The first-order valence-electron chi connectivity index (χ1n) is 10.4. The quantitative estimate of drug-likeness (QED) is 0.485. The zero-order valence-electron chi connectivity index (χ0n) is 17.1. The van der Waals surface area contributed by atoms with E-state index in [1.165, 1.54) is 12.8 Å². The van der Waals surface area contributed by atoms with E-state index in [2.05, 4.69) is 39.0 Å². The molecule has 4 rings (SSSR count). The van der Waals surface area contributed by atoms with Gasteiger partial charge in [0.25, 0.3) is 0 Å². The van der Waals surface area contributed by atoms with Crippen molar-refractivity contribution >= 4 is 33.4 Å². The van der Waals surface area contributed by atoms with Crippen molar-refractivity contribution in [2.24, 2.45) is 4.99 Å². The monoisotopic (exact) mass is 485 g/mol. The maximum Gasteiger partial charge on any atom is 0.132 e. The Bertz CT molecular complexity index is 1000. The van der Waals surface area contributed by atoms with Gasteiger partial charge in [0.2, 0.25) is 0 Å². The highest BCUT2D eigenvalue weighted by atomic mass is 79.9. The van der Waals surface area contributed by atoms with E-state index in [0.29, 0.717) is 18.6 Å². The molecule has 0 aromatic heterocycles. The lowest BCUT2D eigenvalue weighted by Crippen LogP contribution is -2.42. The fraction of sp³-hybridized carbons (Fsp3) is 0.417. The summed E-state index contributed by atoms with van der Waals surface area (Å²) in [6, 6.07) is 15.1. The van der Waals surface area contributed by atoms with Crippen LogP contribution in [-0.2, 0) is 12.8 Å². The summed E-state index contributed by atoms with van der Waals surface area (Å²) in [7, 11) is 1.70. The molecule has 1 saturated carbocycles. The molecule has 30 heavy (non-hydrogen) atoms. The standard InChI is InChI=1S/C24H25BrClN3O/c1-30-23-12-10-17(25)15-16(23)9-11-18-19(5-4-6-20(18)26)24-28-21-7-2-3-8-22(21)29(24)14-13-27/h4-6,10,12,15,21-22H,2-3,7-9,11,14H2,1H3. The average Bonchev–Trinajstić information content (AvgIpc) is 3.11. The van der Waals surface area contributed by atoms with Crippen LogP contribution in [0.2, 0.25) is 5.02 Å². The minimum atomic E-state index is 0.291. The van der Waals surface area contributed by atoms with E-state index in [-0.39, 0.29) is 0 Å². The van der Waals surface area contributed by atoms with Gasteiger partial charge in [0, 0.05) is 15.1 Å². The summed E-state index contributed by atoms with van der Waals surface area (Å²) in [5, 5.41) is 10.2. The number of aliphatic imine (C=N–C) groups is 1. The molecule has 156 valence electrons. The van der Waals surface area contributed by atoms with Gasteiger partial charge in [-0.1, -0.05) is 52.5 Å². The summed E-state index contributed by atoms with van der Waals surface area (Å²) < 4.78 is 6.57. The molecular weight excluding hydrogens is 462 g/mol. The zero-order valence-corrected chi connectivity index (χ0v) is 19.4. The van der Waals surface area contributed by atoms with E-state index in [1.807, 2.05) is 24.3 Å². The van der Waals surface area contributed by atoms with E-state index in [0.717, 1.165) is 63.5 Å². The number of fused-ring (bicyclic) bond motifs is 1. The Morgan fingerprint density at radius 1 is 1.23 bits per heavy atom.